The number of ether oxygens (including phenoxy) is 1. The van der Waals surface area contributed by atoms with E-state index in [0.29, 0.717) is 19.5 Å². The third kappa shape index (κ3) is 6.29. The van der Waals surface area contributed by atoms with E-state index in [1.165, 1.54) is 7.11 Å². The zero-order valence-corrected chi connectivity index (χ0v) is 16.8. The zero-order valence-electron chi connectivity index (χ0n) is 16.8. The molecule has 0 saturated carbocycles. The molecule has 29 heavy (non-hydrogen) atoms. The van der Waals surface area contributed by atoms with Gasteiger partial charge in [-0.2, -0.15) is 0 Å². The van der Waals surface area contributed by atoms with Crippen LogP contribution in [0.4, 0.5) is 4.79 Å². The second-order valence-corrected chi connectivity index (χ2v) is 7.11. The summed E-state index contributed by atoms with van der Waals surface area (Å²) in [5.74, 6) is -0.434. The van der Waals surface area contributed by atoms with Crippen molar-refractivity contribution in [2.24, 2.45) is 0 Å². The molecule has 1 atom stereocenters. The molecule has 1 aliphatic heterocycles. The molecule has 1 aliphatic rings. The van der Waals surface area contributed by atoms with Gasteiger partial charge in [-0.05, 0) is 17.7 Å². The molecule has 1 aromatic carbocycles. The monoisotopic (exact) mass is 396 g/mol. The normalized spacial score (nSPS) is 15.6. The van der Waals surface area contributed by atoms with Crippen LogP contribution in [0.15, 0.2) is 54.7 Å². The Hall–Kier alpha value is -2.93. The highest BCUT2D eigenvalue weighted by Crippen LogP contribution is 2.08. The summed E-state index contributed by atoms with van der Waals surface area (Å²) in [6, 6.07) is 14.6. The number of nitrogens with zero attached hydrogens (tertiary/aromatic N) is 3. The Bertz CT molecular complexity index is 777. The lowest BCUT2D eigenvalue weighted by Crippen LogP contribution is -2.55. The molecular formula is C22H28N4O3. The largest absolute Gasteiger partial charge is 0.467 e. The zero-order chi connectivity index (χ0) is 20.5. The van der Waals surface area contributed by atoms with Gasteiger partial charge >= 0.3 is 12.0 Å². The fourth-order valence-electron chi connectivity index (χ4n) is 3.42. The van der Waals surface area contributed by atoms with Gasteiger partial charge in [0.2, 0.25) is 0 Å². The summed E-state index contributed by atoms with van der Waals surface area (Å²) >= 11 is 0. The van der Waals surface area contributed by atoms with Crippen LogP contribution >= 0.6 is 0 Å². The van der Waals surface area contributed by atoms with Gasteiger partial charge in [-0.3, -0.25) is 9.88 Å². The van der Waals surface area contributed by atoms with Gasteiger partial charge < -0.3 is 15.0 Å². The van der Waals surface area contributed by atoms with Gasteiger partial charge in [0.05, 0.1) is 7.11 Å². The van der Waals surface area contributed by atoms with Crippen LogP contribution in [0.25, 0.3) is 0 Å². The van der Waals surface area contributed by atoms with Gasteiger partial charge in [0.1, 0.15) is 6.04 Å². The maximum atomic E-state index is 12.7. The van der Waals surface area contributed by atoms with Crippen molar-refractivity contribution in [3.8, 4) is 0 Å². The van der Waals surface area contributed by atoms with E-state index in [0.717, 1.165) is 37.3 Å². The first kappa shape index (κ1) is 20.8. The van der Waals surface area contributed by atoms with Crippen molar-refractivity contribution in [1.29, 1.82) is 0 Å². The first-order valence-corrected chi connectivity index (χ1v) is 9.95. The van der Waals surface area contributed by atoms with Gasteiger partial charge in [0.25, 0.3) is 0 Å². The number of hydrogen-bond acceptors (Lipinski definition) is 5. The van der Waals surface area contributed by atoms with E-state index >= 15 is 0 Å². The quantitative estimate of drug-likeness (QED) is 0.722. The summed E-state index contributed by atoms with van der Waals surface area (Å²) in [6.07, 6.45) is 3.11. The number of pyridine rings is 1. The Kier molecular flexibility index (Phi) is 7.58. The van der Waals surface area contributed by atoms with E-state index in [2.05, 4.69) is 15.2 Å². The molecule has 0 radical (unpaired) electrons. The number of rotatable bonds is 7. The van der Waals surface area contributed by atoms with E-state index in [9.17, 15) is 9.59 Å². The summed E-state index contributed by atoms with van der Waals surface area (Å²) in [6.45, 7) is 3.80. The second kappa shape index (κ2) is 10.6. The third-order valence-electron chi connectivity index (χ3n) is 5.14. The highest BCUT2D eigenvalue weighted by atomic mass is 16.5. The van der Waals surface area contributed by atoms with Crippen molar-refractivity contribution in [1.82, 2.24) is 20.1 Å². The summed E-state index contributed by atoms with van der Waals surface area (Å²) in [4.78, 5) is 33.3. The minimum absolute atomic E-state index is 0.222. The molecule has 0 bridgehead atoms. The summed E-state index contributed by atoms with van der Waals surface area (Å²) in [5, 5.41) is 2.84. The maximum absolute atomic E-state index is 12.7. The van der Waals surface area contributed by atoms with Crippen molar-refractivity contribution >= 4 is 12.0 Å². The molecule has 0 unspecified atom stereocenters. The summed E-state index contributed by atoms with van der Waals surface area (Å²) < 4.78 is 4.88. The van der Waals surface area contributed by atoms with Gasteiger partial charge in [0.15, 0.2) is 0 Å². The van der Waals surface area contributed by atoms with Gasteiger partial charge in [-0.15, -0.1) is 0 Å². The average molecular weight is 396 g/mol. The molecule has 1 N–H and O–H groups in total. The lowest BCUT2D eigenvalue weighted by Gasteiger charge is -2.35. The van der Waals surface area contributed by atoms with E-state index in [1.54, 1.807) is 4.90 Å². The average Bonchev–Trinajstić information content (AvgIpc) is 2.78. The smallest absolute Gasteiger partial charge is 0.328 e. The molecule has 154 valence electrons. The number of piperazine rings is 1. The Morgan fingerprint density at radius 3 is 2.45 bits per heavy atom. The number of carbonyl (C=O) groups excluding carboxylic acids is 2. The molecule has 0 aliphatic carbocycles. The topological polar surface area (TPSA) is 74.8 Å². The van der Waals surface area contributed by atoms with E-state index in [4.69, 9.17) is 4.74 Å². The van der Waals surface area contributed by atoms with Crippen LogP contribution in [-0.2, 0) is 22.4 Å². The summed E-state index contributed by atoms with van der Waals surface area (Å²) in [5.41, 5.74) is 2.05. The van der Waals surface area contributed by atoms with Crippen LogP contribution in [-0.4, -0.2) is 72.7 Å². The van der Waals surface area contributed by atoms with E-state index in [1.807, 2.05) is 54.7 Å². The second-order valence-electron chi connectivity index (χ2n) is 7.11. The Labute approximate surface area is 171 Å². The van der Waals surface area contributed by atoms with Crippen LogP contribution in [0.1, 0.15) is 11.3 Å². The van der Waals surface area contributed by atoms with Crippen molar-refractivity contribution in [3.05, 3.63) is 66.0 Å². The van der Waals surface area contributed by atoms with Crippen molar-refractivity contribution in [3.63, 3.8) is 0 Å². The van der Waals surface area contributed by atoms with Crippen LogP contribution < -0.4 is 5.32 Å². The molecule has 7 heteroatoms. The number of urea groups is 1. The number of methoxy groups -OCH3 is 1. The van der Waals surface area contributed by atoms with Crippen molar-refractivity contribution in [2.45, 2.75) is 18.9 Å². The predicted molar refractivity (Wildman–Crippen MR) is 110 cm³/mol. The van der Waals surface area contributed by atoms with Crippen LogP contribution in [0, 0.1) is 0 Å². The number of amides is 2. The minimum atomic E-state index is -0.697. The molecule has 0 spiro atoms. The number of benzene rings is 1. The molecule has 2 aromatic rings. The number of carbonyl (C=O) groups is 2. The molecular weight excluding hydrogens is 368 g/mol. The van der Waals surface area contributed by atoms with Crippen LogP contribution in [0.3, 0.4) is 0 Å². The number of nitrogens with one attached hydrogen (secondary N) is 1. The maximum Gasteiger partial charge on any atom is 0.328 e. The molecule has 1 saturated heterocycles. The fraction of sp³-hybridized carbons (Fsp3) is 0.409. The number of hydrogen-bond donors (Lipinski definition) is 1. The first-order chi connectivity index (χ1) is 14.2. The first-order valence-electron chi connectivity index (χ1n) is 9.95. The highest BCUT2D eigenvalue weighted by Gasteiger charge is 2.26. The molecule has 1 aromatic heterocycles. The van der Waals surface area contributed by atoms with Crippen molar-refractivity contribution < 1.29 is 14.3 Å². The van der Waals surface area contributed by atoms with E-state index in [-0.39, 0.29) is 6.03 Å². The van der Waals surface area contributed by atoms with Gasteiger partial charge in [0, 0.05) is 57.5 Å². The lowest BCUT2D eigenvalue weighted by atomic mass is 10.1. The molecule has 1 fully saturated rings. The predicted octanol–water partition coefficient (Wildman–Crippen LogP) is 1.74. The van der Waals surface area contributed by atoms with Gasteiger partial charge in [-0.1, -0.05) is 36.4 Å². The Morgan fingerprint density at radius 1 is 1.07 bits per heavy atom. The molecule has 3 rings (SSSR count). The standard InChI is InChI=1S/C22H28N4O3/c1-29-21(27)20(17-18-7-3-2-4-8-18)24-22(28)26-15-13-25(14-16-26)12-10-19-9-5-6-11-23-19/h2-9,11,20H,10,12-17H2,1H3,(H,24,28)/t20-/m0/s1. The Balaban J connectivity index is 1.47. The lowest BCUT2D eigenvalue weighted by molar-refractivity contribution is -0.142. The SMILES string of the molecule is COC(=O)[C@H](Cc1ccccc1)NC(=O)N1CCN(CCc2ccccn2)CC1. The summed E-state index contributed by atoms with van der Waals surface area (Å²) in [7, 11) is 1.34. The highest BCUT2D eigenvalue weighted by molar-refractivity contribution is 5.83. The van der Waals surface area contributed by atoms with Gasteiger partial charge in [-0.25, -0.2) is 9.59 Å². The molecule has 2 heterocycles. The van der Waals surface area contributed by atoms with E-state index < -0.39 is 12.0 Å². The Morgan fingerprint density at radius 2 is 1.79 bits per heavy atom. The fourth-order valence-corrected chi connectivity index (χ4v) is 3.42. The minimum Gasteiger partial charge on any atom is -0.467 e. The van der Waals surface area contributed by atoms with Crippen LogP contribution in [0.2, 0.25) is 0 Å². The molecule has 7 nitrogen and oxygen atoms in total. The molecule has 2 amide bonds. The number of aromatic nitrogens is 1. The van der Waals surface area contributed by atoms with Crippen molar-refractivity contribution in [2.75, 3.05) is 39.8 Å². The third-order valence-corrected chi connectivity index (χ3v) is 5.14. The van der Waals surface area contributed by atoms with Crippen LogP contribution in [0.5, 0.6) is 0 Å². The number of esters is 1.